The van der Waals surface area contributed by atoms with Crippen molar-refractivity contribution in [1.82, 2.24) is 14.7 Å². The normalized spacial score (nSPS) is 16.4. The lowest BCUT2D eigenvalue weighted by Crippen LogP contribution is -2.47. The van der Waals surface area contributed by atoms with E-state index in [1.54, 1.807) is 0 Å². The van der Waals surface area contributed by atoms with Crippen molar-refractivity contribution in [2.24, 2.45) is 0 Å². The predicted molar refractivity (Wildman–Crippen MR) is 162 cm³/mol. The van der Waals surface area contributed by atoms with Crippen LogP contribution in [0.3, 0.4) is 0 Å². The van der Waals surface area contributed by atoms with Gasteiger partial charge in [0.05, 0.1) is 6.04 Å². The molecule has 1 aliphatic heterocycles. The molecule has 0 aromatic heterocycles. The smallest absolute Gasteiger partial charge is 0.188 e. The van der Waals surface area contributed by atoms with Crippen LogP contribution in [0.25, 0.3) is 5.70 Å². The zero-order chi connectivity index (χ0) is 27.2. The molecule has 1 heterocycles. The van der Waals surface area contributed by atoms with Crippen molar-refractivity contribution in [2.75, 3.05) is 45.8 Å². The van der Waals surface area contributed by atoms with Crippen LogP contribution < -0.4 is 0 Å². The highest BCUT2D eigenvalue weighted by Gasteiger charge is 2.38. The van der Waals surface area contributed by atoms with Crippen LogP contribution >= 0.6 is 0 Å². The van der Waals surface area contributed by atoms with Crippen molar-refractivity contribution >= 4 is 14.0 Å². The highest BCUT2D eigenvalue weighted by atomic mass is 28.4. The van der Waals surface area contributed by atoms with Gasteiger partial charge < -0.3 is 9.70 Å². The fraction of sp³-hybridized carbons (Fsp3) is 0.500. The van der Waals surface area contributed by atoms with E-state index in [0.29, 0.717) is 0 Å². The molecule has 4 nitrogen and oxygen atoms in total. The third kappa shape index (κ3) is 7.23. The predicted octanol–water partition coefficient (Wildman–Crippen LogP) is 6.41. The molecule has 1 atom stereocenters. The first-order chi connectivity index (χ1) is 17.5. The van der Waals surface area contributed by atoms with E-state index in [1.165, 1.54) is 22.3 Å². The monoisotopic (exact) mass is 519 g/mol. The molecule has 37 heavy (non-hydrogen) atoms. The van der Waals surface area contributed by atoms with E-state index in [-0.39, 0.29) is 11.1 Å². The summed E-state index contributed by atoms with van der Waals surface area (Å²) in [4.78, 5) is 18.3. The summed E-state index contributed by atoms with van der Waals surface area (Å²) in [6.45, 7) is 28.2. The second-order valence-corrected chi connectivity index (χ2v) is 16.1. The molecule has 0 aliphatic carbocycles. The van der Waals surface area contributed by atoms with Crippen molar-refractivity contribution < 1.29 is 4.80 Å². The van der Waals surface area contributed by atoms with E-state index < -0.39 is 8.32 Å². The molecule has 0 bridgehead atoms. The zero-order valence-corrected chi connectivity index (χ0v) is 25.1. The van der Waals surface area contributed by atoms with Gasteiger partial charge in [0.25, 0.3) is 0 Å². The maximum absolute atomic E-state index is 10.9. The van der Waals surface area contributed by atoms with Gasteiger partial charge in [0, 0.05) is 51.5 Å². The molecule has 5 heteroatoms. The van der Waals surface area contributed by atoms with Gasteiger partial charge in [0.15, 0.2) is 8.32 Å². The summed E-state index contributed by atoms with van der Waals surface area (Å²) >= 11 is 0. The Hall–Kier alpha value is -2.18. The first kappa shape index (κ1) is 29.4. The van der Waals surface area contributed by atoms with Crippen LogP contribution in [0.2, 0.25) is 18.1 Å². The molecule has 1 N–H and O–H groups in total. The average Bonchev–Trinajstić information content (AvgIpc) is 2.86. The summed E-state index contributed by atoms with van der Waals surface area (Å²) in [7, 11) is -2.29. The Labute approximate surface area is 227 Å². The molecule has 1 unspecified atom stereocenters. The van der Waals surface area contributed by atoms with E-state index in [0.717, 1.165) is 57.9 Å². The Morgan fingerprint density at radius 2 is 1.65 bits per heavy atom. The SMILES string of the molecule is C=CCN1CCN(C(c2ccc(C(=C)N(CC)CC)cc2)c2cccc(CC(C)(C)[Si](C)(C)O)c2)CC1. The average molecular weight is 520 g/mol. The van der Waals surface area contributed by atoms with Gasteiger partial charge in [0.2, 0.25) is 0 Å². The van der Waals surface area contributed by atoms with Crippen LogP contribution in [0.5, 0.6) is 0 Å². The highest BCUT2D eigenvalue weighted by Crippen LogP contribution is 2.39. The quantitative estimate of drug-likeness (QED) is 0.259. The molecule has 2 aromatic rings. The minimum absolute atomic E-state index is 0.0934. The topological polar surface area (TPSA) is 30.0 Å². The van der Waals surface area contributed by atoms with Crippen LogP contribution in [0.1, 0.15) is 56.0 Å². The van der Waals surface area contributed by atoms with E-state index in [2.05, 4.69) is 117 Å². The van der Waals surface area contributed by atoms with Crippen molar-refractivity contribution in [3.8, 4) is 0 Å². The van der Waals surface area contributed by atoms with Gasteiger partial charge in [-0.15, -0.1) is 6.58 Å². The van der Waals surface area contributed by atoms with E-state index in [4.69, 9.17) is 0 Å². The molecule has 202 valence electrons. The summed E-state index contributed by atoms with van der Waals surface area (Å²) < 4.78 is 0. The lowest BCUT2D eigenvalue weighted by Gasteiger charge is -2.40. The Morgan fingerprint density at radius 1 is 1.03 bits per heavy atom. The minimum Gasteiger partial charge on any atom is -0.432 e. The Bertz CT molecular complexity index is 1030. The number of benzene rings is 2. The Balaban J connectivity index is 1.95. The molecule has 1 saturated heterocycles. The van der Waals surface area contributed by atoms with Crippen molar-refractivity contribution in [3.63, 3.8) is 0 Å². The van der Waals surface area contributed by atoms with Crippen LogP contribution in [0.4, 0.5) is 0 Å². The number of hydrogen-bond acceptors (Lipinski definition) is 4. The molecule has 0 radical (unpaired) electrons. The number of piperazine rings is 1. The van der Waals surface area contributed by atoms with Crippen LogP contribution in [-0.4, -0.2) is 73.6 Å². The van der Waals surface area contributed by atoms with Gasteiger partial charge in [-0.3, -0.25) is 9.80 Å². The van der Waals surface area contributed by atoms with E-state index >= 15 is 0 Å². The molecule has 1 fully saturated rings. The maximum Gasteiger partial charge on any atom is 0.188 e. The summed E-state index contributed by atoms with van der Waals surface area (Å²) in [6, 6.07) is 18.4. The molecule has 0 spiro atoms. The van der Waals surface area contributed by atoms with Crippen LogP contribution in [0, 0.1) is 0 Å². The highest BCUT2D eigenvalue weighted by molar-refractivity contribution is 6.72. The summed E-state index contributed by atoms with van der Waals surface area (Å²) in [5, 5.41) is -0.0934. The minimum atomic E-state index is -2.29. The lowest BCUT2D eigenvalue weighted by atomic mass is 9.92. The van der Waals surface area contributed by atoms with Gasteiger partial charge in [0.1, 0.15) is 0 Å². The molecule has 2 aromatic carbocycles. The number of rotatable bonds is 12. The molecule has 3 rings (SSSR count). The number of hydrogen-bond donors (Lipinski definition) is 1. The summed E-state index contributed by atoms with van der Waals surface area (Å²) in [5.41, 5.74) is 6.23. The molecule has 0 saturated carbocycles. The van der Waals surface area contributed by atoms with Crippen LogP contribution in [-0.2, 0) is 6.42 Å². The molecular formula is C32H49N3OSi. The summed E-state index contributed by atoms with van der Waals surface area (Å²) in [5.74, 6) is 0. The second-order valence-electron chi connectivity index (χ2n) is 11.6. The molecule has 0 amide bonds. The number of nitrogens with zero attached hydrogens (tertiary/aromatic N) is 3. The first-order valence-electron chi connectivity index (χ1n) is 13.9. The molecular weight excluding hydrogens is 470 g/mol. The van der Waals surface area contributed by atoms with Crippen molar-refractivity contribution in [3.05, 3.63) is 90.0 Å². The van der Waals surface area contributed by atoms with Crippen molar-refractivity contribution in [2.45, 2.75) is 58.3 Å². The third-order valence-corrected chi connectivity index (χ3v) is 11.9. The van der Waals surface area contributed by atoms with E-state index in [1.807, 2.05) is 6.08 Å². The fourth-order valence-corrected chi connectivity index (χ4v) is 5.88. The van der Waals surface area contributed by atoms with Crippen molar-refractivity contribution in [1.29, 1.82) is 0 Å². The second kappa shape index (κ2) is 12.6. The lowest BCUT2D eigenvalue weighted by molar-refractivity contribution is 0.117. The van der Waals surface area contributed by atoms with Gasteiger partial charge >= 0.3 is 0 Å². The van der Waals surface area contributed by atoms with Crippen LogP contribution in [0.15, 0.2) is 67.8 Å². The Kier molecular flexibility index (Phi) is 9.98. The third-order valence-electron chi connectivity index (χ3n) is 8.43. The zero-order valence-electron chi connectivity index (χ0n) is 24.1. The largest absolute Gasteiger partial charge is 0.432 e. The van der Waals surface area contributed by atoms with E-state index in [9.17, 15) is 4.80 Å². The Morgan fingerprint density at radius 3 is 2.19 bits per heavy atom. The first-order valence-corrected chi connectivity index (χ1v) is 16.9. The van der Waals surface area contributed by atoms with Gasteiger partial charge in [-0.05, 0) is 60.7 Å². The molecule has 1 aliphatic rings. The maximum atomic E-state index is 10.9. The van der Waals surface area contributed by atoms with Gasteiger partial charge in [-0.2, -0.15) is 0 Å². The van der Waals surface area contributed by atoms with Gasteiger partial charge in [-0.1, -0.05) is 75.0 Å². The fourth-order valence-electron chi connectivity index (χ4n) is 5.25. The standard InChI is InChI=1S/C32H49N3OSi/c1-9-19-33-20-22-35(23-21-33)31(29-17-15-28(16-18-29)26(4)34(10-2)11-3)30-14-12-13-27(24-30)25-32(5,6)37(7,8)36/h9,12-18,24,31,36H,1,4,10-11,19-23,25H2,2-3,5-8H3. The van der Waals surface area contributed by atoms with Gasteiger partial charge in [-0.25, -0.2) is 0 Å². The summed E-state index contributed by atoms with van der Waals surface area (Å²) in [6.07, 6.45) is 2.89.